The van der Waals surface area contributed by atoms with Gasteiger partial charge in [0.2, 0.25) is 0 Å². The molecule has 0 aliphatic heterocycles. The van der Waals surface area contributed by atoms with Gasteiger partial charge in [0.05, 0.1) is 16.8 Å². The lowest BCUT2D eigenvalue weighted by Gasteiger charge is -2.08. The van der Waals surface area contributed by atoms with Crippen molar-refractivity contribution in [1.29, 1.82) is 0 Å². The molecule has 0 bridgehead atoms. The predicted molar refractivity (Wildman–Crippen MR) is 77.5 cm³/mol. The van der Waals surface area contributed by atoms with Crippen molar-refractivity contribution in [3.63, 3.8) is 0 Å². The minimum absolute atomic E-state index is 0.473. The van der Waals surface area contributed by atoms with Crippen LogP contribution >= 0.6 is 11.3 Å². The molecule has 19 heavy (non-hydrogen) atoms. The van der Waals surface area contributed by atoms with Gasteiger partial charge >= 0.3 is 0 Å². The zero-order valence-electron chi connectivity index (χ0n) is 11.3. The molecule has 102 valence electrons. The van der Waals surface area contributed by atoms with Crippen LogP contribution in [-0.4, -0.2) is 10.1 Å². The summed E-state index contributed by atoms with van der Waals surface area (Å²) in [7, 11) is 0. The second-order valence-corrected chi connectivity index (χ2v) is 5.46. The molecule has 0 saturated heterocycles. The second kappa shape index (κ2) is 6.68. The number of aliphatic hydroxyl groups is 1. The molecule has 1 heterocycles. The van der Waals surface area contributed by atoms with E-state index in [1.54, 1.807) is 18.3 Å². The van der Waals surface area contributed by atoms with E-state index in [4.69, 9.17) is 4.74 Å². The number of hydrogen-bond acceptors (Lipinski definition) is 4. The molecule has 1 N–H and O–H groups in total. The number of aryl methyl sites for hydroxylation is 1. The zero-order chi connectivity index (χ0) is 13.7. The van der Waals surface area contributed by atoms with Gasteiger partial charge in [-0.3, -0.25) is 0 Å². The topological polar surface area (TPSA) is 42.4 Å². The van der Waals surface area contributed by atoms with Gasteiger partial charge in [0.1, 0.15) is 12.4 Å². The van der Waals surface area contributed by atoms with E-state index in [1.807, 2.05) is 29.6 Å². The average molecular weight is 277 g/mol. The Hall–Kier alpha value is -1.39. The van der Waals surface area contributed by atoms with Gasteiger partial charge in [-0.2, -0.15) is 0 Å². The SMILES string of the molecule is CCCc1nc(COc2cccc([C@@H](C)O)c2)cs1. The molecule has 1 aromatic heterocycles. The molecule has 1 aromatic carbocycles. The minimum atomic E-state index is -0.473. The Labute approximate surface area is 117 Å². The van der Waals surface area contributed by atoms with E-state index in [1.165, 1.54) is 5.01 Å². The fraction of sp³-hybridized carbons (Fsp3) is 0.400. The largest absolute Gasteiger partial charge is 0.487 e. The third-order valence-corrected chi connectivity index (χ3v) is 3.75. The minimum Gasteiger partial charge on any atom is -0.487 e. The first kappa shape index (κ1) is 14.0. The summed E-state index contributed by atoms with van der Waals surface area (Å²) in [5, 5.41) is 12.7. The van der Waals surface area contributed by atoms with Crippen molar-refractivity contribution in [3.05, 3.63) is 45.9 Å². The van der Waals surface area contributed by atoms with E-state index in [0.29, 0.717) is 6.61 Å². The molecular formula is C15H19NO2S. The summed E-state index contributed by atoms with van der Waals surface area (Å²) in [4.78, 5) is 4.52. The predicted octanol–water partition coefficient (Wildman–Crippen LogP) is 3.73. The molecular weight excluding hydrogens is 258 g/mol. The first-order chi connectivity index (χ1) is 9.19. The van der Waals surface area contributed by atoms with E-state index in [0.717, 1.165) is 29.8 Å². The van der Waals surface area contributed by atoms with Gasteiger partial charge in [0.25, 0.3) is 0 Å². The van der Waals surface area contributed by atoms with Crippen molar-refractivity contribution in [2.24, 2.45) is 0 Å². The Kier molecular flexibility index (Phi) is 4.93. The summed E-state index contributed by atoms with van der Waals surface area (Å²) >= 11 is 1.69. The monoisotopic (exact) mass is 277 g/mol. The molecule has 1 atom stereocenters. The number of nitrogens with zero attached hydrogens (tertiary/aromatic N) is 1. The summed E-state index contributed by atoms with van der Waals surface area (Å²) in [5.41, 5.74) is 1.83. The fourth-order valence-electron chi connectivity index (χ4n) is 1.77. The summed E-state index contributed by atoms with van der Waals surface area (Å²) in [6.45, 7) is 4.37. The Morgan fingerprint density at radius 1 is 1.42 bits per heavy atom. The van der Waals surface area contributed by atoms with Crippen molar-refractivity contribution in [2.45, 2.75) is 39.4 Å². The number of hydrogen-bond donors (Lipinski definition) is 1. The molecule has 0 amide bonds. The zero-order valence-corrected chi connectivity index (χ0v) is 12.1. The molecule has 0 spiro atoms. The lowest BCUT2D eigenvalue weighted by Crippen LogP contribution is -1.98. The van der Waals surface area contributed by atoms with Gasteiger partial charge in [0, 0.05) is 5.38 Å². The Bertz CT molecular complexity index is 522. The van der Waals surface area contributed by atoms with Crippen LogP contribution in [0.1, 0.15) is 42.6 Å². The molecule has 3 nitrogen and oxygen atoms in total. The van der Waals surface area contributed by atoms with Gasteiger partial charge in [-0.15, -0.1) is 11.3 Å². The van der Waals surface area contributed by atoms with E-state index in [-0.39, 0.29) is 0 Å². The fourth-order valence-corrected chi connectivity index (χ4v) is 2.65. The van der Waals surface area contributed by atoms with E-state index >= 15 is 0 Å². The first-order valence-electron chi connectivity index (χ1n) is 6.53. The van der Waals surface area contributed by atoms with E-state index in [2.05, 4.69) is 11.9 Å². The van der Waals surface area contributed by atoms with Gasteiger partial charge < -0.3 is 9.84 Å². The van der Waals surface area contributed by atoms with Crippen LogP contribution in [0, 0.1) is 0 Å². The highest BCUT2D eigenvalue weighted by atomic mass is 32.1. The third kappa shape index (κ3) is 4.04. The summed E-state index contributed by atoms with van der Waals surface area (Å²) < 4.78 is 5.71. The second-order valence-electron chi connectivity index (χ2n) is 4.52. The number of thiazole rings is 1. The van der Waals surface area contributed by atoms with Crippen LogP contribution in [-0.2, 0) is 13.0 Å². The smallest absolute Gasteiger partial charge is 0.131 e. The van der Waals surface area contributed by atoms with Crippen LogP contribution in [0.5, 0.6) is 5.75 Å². The standard InChI is InChI=1S/C15H19NO2S/c1-3-5-15-16-13(10-19-15)9-18-14-7-4-6-12(8-14)11(2)17/h4,6-8,10-11,17H,3,5,9H2,1-2H3/t11-/m1/s1. The number of benzene rings is 1. The Morgan fingerprint density at radius 3 is 3.00 bits per heavy atom. The highest BCUT2D eigenvalue weighted by molar-refractivity contribution is 7.09. The normalized spacial score (nSPS) is 12.4. The molecule has 0 aliphatic carbocycles. The van der Waals surface area contributed by atoms with Crippen LogP contribution in [0.15, 0.2) is 29.6 Å². The number of rotatable bonds is 6. The molecule has 0 saturated carbocycles. The van der Waals surface area contributed by atoms with Crippen molar-refractivity contribution in [1.82, 2.24) is 4.98 Å². The van der Waals surface area contributed by atoms with Crippen LogP contribution in [0.3, 0.4) is 0 Å². The van der Waals surface area contributed by atoms with Crippen molar-refractivity contribution in [3.8, 4) is 5.75 Å². The highest BCUT2D eigenvalue weighted by Crippen LogP contribution is 2.20. The molecule has 0 unspecified atom stereocenters. The first-order valence-corrected chi connectivity index (χ1v) is 7.41. The van der Waals surface area contributed by atoms with Crippen molar-refractivity contribution in [2.75, 3.05) is 0 Å². The molecule has 0 fully saturated rings. The third-order valence-electron chi connectivity index (χ3n) is 2.79. The van der Waals surface area contributed by atoms with Crippen LogP contribution in [0.4, 0.5) is 0 Å². The molecule has 4 heteroatoms. The maximum absolute atomic E-state index is 9.53. The Balaban J connectivity index is 1.95. The molecule has 2 rings (SSSR count). The number of aromatic nitrogens is 1. The van der Waals surface area contributed by atoms with Crippen LogP contribution in [0.25, 0.3) is 0 Å². The molecule has 0 radical (unpaired) electrons. The average Bonchev–Trinajstić information content (AvgIpc) is 2.85. The lowest BCUT2D eigenvalue weighted by molar-refractivity contribution is 0.198. The molecule has 2 aromatic rings. The van der Waals surface area contributed by atoms with Gasteiger partial charge in [-0.1, -0.05) is 19.1 Å². The van der Waals surface area contributed by atoms with Crippen molar-refractivity contribution < 1.29 is 9.84 Å². The summed E-state index contributed by atoms with van der Waals surface area (Å²) in [5.74, 6) is 0.767. The van der Waals surface area contributed by atoms with Crippen molar-refractivity contribution >= 4 is 11.3 Å². The Morgan fingerprint density at radius 2 is 2.26 bits per heavy atom. The lowest BCUT2D eigenvalue weighted by atomic mass is 10.1. The van der Waals surface area contributed by atoms with Crippen LogP contribution < -0.4 is 4.74 Å². The summed E-state index contributed by atoms with van der Waals surface area (Å²) in [6, 6.07) is 7.54. The van der Waals surface area contributed by atoms with Gasteiger partial charge in [-0.25, -0.2) is 4.98 Å². The van der Waals surface area contributed by atoms with Gasteiger partial charge in [-0.05, 0) is 37.5 Å². The number of aliphatic hydroxyl groups excluding tert-OH is 1. The highest BCUT2D eigenvalue weighted by Gasteiger charge is 2.04. The van der Waals surface area contributed by atoms with Crippen LogP contribution in [0.2, 0.25) is 0 Å². The maximum atomic E-state index is 9.53. The van der Waals surface area contributed by atoms with Gasteiger partial charge in [0.15, 0.2) is 0 Å². The summed E-state index contributed by atoms with van der Waals surface area (Å²) in [6.07, 6.45) is 1.67. The maximum Gasteiger partial charge on any atom is 0.131 e. The quantitative estimate of drug-likeness (QED) is 0.875. The number of ether oxygens (including phenoxy) is 1. The molecule has 0 aliphatic rings. The van der Waals surface area contributed by atoms with E-state index < -0.39 is 6.10 Å². The van der Waals surface area contributed by atoms with E-state index in [9.17, 15) is 5.11 Å².